The third-order valence-corrected chi connectivity index (χ3v) is 5.50. The van der Waals surface area contributed by atoms with Crippen molar-refractivity contribution in [1.29, 1.82) is 0 Å². The number of methoxy groups -OCH3 is 1. The molecule has 1 aliphatic rings. The van der Waals surface area contributed by atoms with E-state index in [0.29, 0.717) is 5.56 Å². The summed E-state index contributed by atoms with van der Waals surface area (Å²) in [6, 6.07) is 17.3. The first-order valence-corrected chi connectivity index (χ1v) is 8.94. The largest absolute Gasteiger partial charge is 0.497 e. The zero-order valence-corrected chi connectivity index (χ0v) is 14.8. The van der Waals surface area contributed by atoms with E-state index in [1.165, 1.54) is 5.56 Å². The number of hydrogen-bond donors (Lipinski definition) is 1. The van der Waals surface area contributed by atoms with Crippen molar-refractivity contribution >= 4 is 28.6 Å². The van der Waals surface area contributed by atoms with Crippen LogP contribution in [0.15, 0.2) is 60.0 Å². The Hall–Kier alpha value is -2.79. The molecule has 0 fully saturated rings. The molecule has 0 saturated heterocycles. The summed E-state index contributed by atoms with van der Waals surface area (Å²) in [5.74, 6) is 0.766. The van der Waals surface area contributed by atoms with Gasteiger partial charge in [0.2, 0.25) is 0 Å². The number of para-hydroxylation sites is 1. The zero-order chi connectivity index (χ0) is 17.4. The number of hydrogen-bond acceptors (Lipinski definition) is 4. The van der Waals surface area contributed by atoms with Gasteiger partial charge < -0.3 is 10.1 Å². The van der Waals surface area contributed by atoms with E-state index in [1.54, 1.807) is 18.4 Å². The lowest BCUT2D eigenvalue weighted by Gasteiger charge is -2.37. The molecular weight excluding hydrogens is 332 g/mol. The topological polar surface area (TPSA) is 41.6 Å². The van der Waals surface area contributed by atoms with Crippen molar-refractivity contribution in [2.24, 2.45) is 0 Å². The van der Waals surface area contributed by atoms with Crippen LogP contribution in [0.3, 0.4) is 0 Å². The molecule has 25 heavy (non-hydrogen) atoms. The highest BCUT2D eigenvalue weighted by molar-refractivity contribution is 7.10. The first kappa shape index (κ1) is 15.7. The van der Waals surface area contributed by atoms with E-state index in [9.17, 15) is 4.79 Å². The Labute approximate surface area is 150 Å². The number of thiophene rings is 1. The van der Waals surface area contributed by atoms with Gasteiger partial charge in [-0.25, -0.2) is 0 Å². The number of nitrogens with zero attached hydrogens (tertiary/aromatic N) is 1. The Morgan fingerprint density at radius 2 is 1.84 bits per heavy atom. The highest BCUT2D eigenvalue weighted by Crippen LogP contribution is 2.39. The van der Waals surface area contributed by atoms with Gasteiger partial charge in [-0.15, -0.1) is 11.3 Å². The summed E-state index contributed by atoms with van der Waals surface area (Å²) in [7, 11) is 1.64. The van der Waals surface area contributed by atoms with Crippen LogP contribution in [0, 0.1) is 6.92 Å². The molecule has 0 saturated carbocycles. The van der Waals surface area contributed by atoms with Crippen molar-refractivity contribution < 1.29 is 9.53 Å². The molecule has 0 unspecified atom stereocenters. The van der Waals surface area contributed by atoms with Crippen LogP contribution in [-0.4, -0.2) is 13.0 Å². The Morgan fingerprint density at radius 1 is 1.08 bits per heavy atom. The second-order valence-electron chi connectivity index (χ2n) is 5.93. The molecule has 0 aliphatic carbocycles. The number of aryl methyl sites for hydroxylation is 1. The van der Waals surface area contributed by atoms with E-state index in [0.717, 1.165) is 22.0 Å². The first-order chi connectivity index (χ1) is 12.2. The summed E-state index contributed by atoms with van der Waals surface area (Å²) in [6.45, 7) is 2.07. The molecule has 4 rings (SSSR count). The quantitative estimate of drug-likeness (QED) is 0.735. The monoisotopic (exact) mass is 350 g/mol. The van der Waals surface area contributed by atoms with E-state index in [-0.39, 0.29) is 12.1 Å². The van der Waals surface area contributed by atoms with Crippen LogP contribution < -0.4 is 15.0 Å². The fourth-order valence-electron chi connectivity index (χ4n) is 3.11. The molecule has 1 aromatic heterocycles. The van der Waals surface area contributed by atoms with Crippen molar-refractivity contribution in [3.05, 3.63) is 76.0 Å². The van der Waals surface area contributed by atoms with E-state index in [4.69, 9.17) is 4.74 Å². The van der Waals surface area contributed by atoms with Gasteiger partial charge in [-0.1, -0.05) is 12.1 Å². The van der Waals surface area contributed by atoms with Crippen LogP contribution in [0.1, 0.15) is 27.0 Å². The maximum atomic E-state index is 13.2. The van der Waals surface area contributed by atoms with Crippen LogP contribution in [-0.2, 0) is 0 Å². The minimum Gasteiger partial charge on any atom is -0.497 e. The lowest BCUT2D eigenvalue weighted by molar-refractivity contribution is 0.0975. The van der Waals surface area contributed by atoms with Crippen molar-refractivity contribution in [2.75, 3.05) is 17.3 Å². The molecule has 0 bridgehead atoms. The van der Waals surface area contributed by atoms with Gasteiger partial charge >= 0.3 is 0 Å². The standard InChI is InChI=1S/C20H18N2O2S/c1-13-11-12-25-18(13)19-21-17-6-4-3-5-16(17)20(23)22(19)14-7-9-15(24-2)10-8-14/h3-12,19,21H,1-2H3/t19-/m1/s1. The van der Waals surface area contributed by atoms with Crippen LogP contribution in [0.5, 0.6) is 5.75 Å². The molecule has 1 amide bonds. The molecule has 0 spiro atoms. The van der Waals surface area contributed by atoms with Crippen LogP contribution in [0.25, 0.3) is 0 Å². The van der Waals surface area contributed by atoms with Gasteiger partial charge in [0.15, 0.2) is 0 Å². The molecule has 1 N–H and O–H groups in total. The molecule has 1 aliphatic heterocycles. The summed E-state index contributed by atoms with van der Waals surface area (Å²) >= 11 is 1.66. The van der Waals surface area contributed by atoms with Crippen LogP contribution in [0.4, 0.5) is 11.4 Å². The van der Waals surface area contributed by atoms with Gasteiger partial charge in [0.25, 0.3) is 5.91 Å². The number of nitrogens with one attached hydrogen (secondary N) is 1. The van der Waals surface area contributed by atoms with Gasteiger partial charge in [0, 0.05) is 11.4 Å². The third-order valence-electron chi connectivity index (χ3n) is 4.43. The van der Waals surface area contributed by atoms with Gasteiger partial charge in [-0.05, 0) is 60.3 Å². The van der Waals surface area contributed by atoms with Crippen molar-refractivity contribution in [2.45, 2.75) is 13.1 Å². The summed E-state index contributed by atoms with van der Waals surface area (Å²) in [4.78, 5) is 16.2. The van der Waals surface area contributed by atoms with Gasteiger partial charge in [-0.3, -0.25) is 9.69 Å². The first-order valence-electron chi connectivity index (χ1n) is 8.06. The molecule has 126 valence electrons. The summed E-state index contributed by atoms with van der Waals surface area (Å²) < 4.78 is 5.24. The average Bonchev–Trinajstić information content (AvgIpc) is 3.08. The average molecular weight is 350 g/mol. The Morgan fingerprint density at radius 3 is 2.52 bits per heavy atom. The molecule has 2 heterocycles. The maximum absolute atomic E-state index is 13.2. The van der Waals surface area contributed by atoms with Crippen molar-refractivity contribution in [3.63, 3.8) is 0 Å². The molecule has 4 nitrogen and oxygen atoms in total. The summed E-state index contributed by atoms with van der Waals surface area (Å²) in [6.07, 6.45) is -0.226. The number of ether oxygens (including phenoxy) is 1. The number of rotatable bonds is 3. The molecule has 1 atom stereocenters. The van der Waals surface area contributed by atoms with Crippen LogP contribution in [0.2, 0.25) is 0 Å². The number of benzene rings is 2. The summed E-state index contributed by atoms with van der Waals surface area (Å²) in [5, 5.41) is 5.59. The highest BCUT2D eigenvalue weighted by Gasteiger charge is 2.35. The Bertz CT molecular complexity index is 917. The lowest BCUT2D eigenvalue weighted by atomic mass is 10.0. The van der Waals surface area contributed by atoms with Crippen molar-refractivity contribution in [3.8, 4) is 5.75 Å². The Kier molecular flexibility index (Phi) is 3.93. The number of amides is 1. The Balaban J connectivity index is 1.84. The number of carbonyl (C=O) groups excluding carboxylic acids is 1. The van der Waals surface area contributed by atoms with Crippen LogP contribution >= 0.6 is 11.3 Å². The molecule has 0 radical (unpaired) electrons. The molecule has 5 heteroatoms. The maximum Gasteiger partial charge on any atom is 0.262 e. The minimum atomic E-state index is -0.226. The SMILES string of the molecule is COc1ccc(N2C(=O)c3ccccc3N[C@H]2c2sccc2C)cc1. The number of carbonyl (C=O) groups is 1. The van der Waals surface area contributed by atoms with Crippen molar-refractivity contribution in [1.82, 2.24) is 0 Å². The second-order valence-corrected chi connectivity index (χ2v) is 6.88. The fraction of sp³-hybridized carbons (Fsp3) is 0.150. The number of anilines is 2. The fourth-order valence-corrected chi connectivity index (χ4v) is 4.08. The molecular formula is C20H18N2O2S. The van der Waals surface area contributed by atoms with E-state index in [2.05, 4.69) is 23.7 Å². The second kappa shape index (κ2) is 6.26. The highest BCUT2D eigenvalue weighted by atomic mass is 32.1. The normalized spacial score (nSPS) is 16.3. The van der Waals surface area contributed by atoms with E-state index in [1.807, 2.05) is 53.4 Å². The third kappa shape index (κ3) is 2.66. The molecule has 2 aromatic carbocycles. The predicted octanol–water partition coefficient (Wildman–Crippen LogP) is 4.84. The van der Waals surface area contributed by atoms with Gasteiger partial charge in [0.1, 0.15) is 11.9 Å². The van der Waals surface area contributed by atoms with E-state index < -0.39 is 0 Å². The van der Waals surface area contributed by atoms with Gasteiger partial charge in [0.05, 0.1) is 17.6 Å². The smallest absolute Gasteiger partial charge is 0.262 e. The molecule has 3 aromatic rings. The zero-order valence-electron chi connectivity index (χ0n) is 14.0. The van der Waals surface area contributed by atoms with Gasteiger partial charge in [-0.2, -0.15) is 0 Å². The lowest BCUT2D eigenvalue weighted by Crippen LogP contribution is -2.43. The predicted molar refractivity (Wildman–Crippen MR) is 102 cm³/mol. The summed E-state index contributed by atoms with van der Waals surface area (Å²) in [5.41, 5.74) is 3.57. The van der Waals surface area contributed by atoms with E-state index >= 15 is 0 Å². The number of fused-ring (bicyclic) bond motifs is 1. The minimum absolute atomic E-state index is 0.00248.